The third-order valence-corrected chi connectivity index (χ3v) is 6.17. The minimum atomic E-state index is -4.63. The topological polar surface area (TPSA) is 108 Å². The van der Waals surface area contributed by atoms with Crippen molar-refractivity contribution >= 4 is 33.2 Å². The van der Waals surface area contributed by atoms with Crippen LogP contribution < -0.4 is 14.9 Å². The molecule has 1 saturated heterocycles. The number of carbonyl (C=O) groups excluding carboxylic acids is 2. The van der Waals surface area contributed by atoms with Crippen molar-refractivity contribution in [2.24, 2.45) is 0 Å². The number of amides is 1. The van der Waals surface area contributed by atoms with Gasteiger partial charge in [-0.3, -0.25) is 14.3 Å². The van der Waals surface area contributed by atoms with Gasteiger partial charge in [0.1, 0.15) is 23.5 Å². The van der Waals surface area contributed by atoms with Crippen LogP contribution in [0.1, 0.15) is 36.8 Å². The highest BCUT2D eigenvalue weighted by atomic mass is 32.2. The SMILES string of the molecule is CC(C(=O)NCc1cccnc1N1CCC(=O)CC1C(F)(F)F)c1ccc(NS(C)(=O)=O)c(F)c1. The fourth-order valence-corrected chi connectivity index (χ4v) is 4.34. The van der Waals surface area contributed by atoms with Crippen LogP contribution in [0.4, 0.5) is 29.1 Å². The first-order valence-electron chi connectivity index (χ1n) is 10.6. The molecular formula is C22H24F4N4O4S. The number of nitrogens with one attached hydrogen (secondary N) is 2. The predicted octanol–water partition coefficient (Wildman–Crippen LogP) is 3.11. The van der Waals surface area contributed by atoms with Crippen molar-refractivity contribution in [3.63, 3.8) is 0 Å². The first kappa shape index (κ1) is 26.4. The lowest BCUT2D eigenvalue weighted by Gasteiger charge is -2.37. The van der Waals surface area contributed by atoms with Gasteiger partial charge in [0.05, 0.1) is 17.9 Å². The van der Waals surface area contributed by atoms with E-state index in [4.69, 9.17) is 0 Å². The number of hydrogen-bond acceptors (Lipinski definition) is 6. The summed E-state index contributed by atoms with van der Waals surface area (Å²) >= 11 is 0. The van der Waals surface area contributed by atoms with E-state index in [1.54, 1.807) is 0 Å². The standard InChI is InChI=1S/C22H24F4N4O4S/c1-13(14-5-6-18(17(23)10-14)29-35(2,33)34)21(32)28-12-15-4-3-8-27-20(15)30-9-7-16(31)11-19(30)22(24,25)26/h3-6,8,10,13,19,29H,7,9,11-12H2,1-2H3,(H,28,32). The monoisotopic (exact) mass is 516 g/mol. The number of benzene rings is 1. The average Bonchev–Trinajstić information content (AvgIpc) is 2.77. The Morgan fingerprint density at radius 1 is 1.29 bits per heavy atom. The largest absolute Gasteiger partial charge is 0.409 e. The molecule has 2 aromatic rings. The Balaban J connectivity index is 1.74. The Bertz CT molecular complexity index is 1220. The zero-order valence-electron chi connectivity index (χ0n) is 18.9. The van der Waals surface area contributed by atoms with E-state index in [0.29, 0.717) is 5.56 Å². The number of rotatable bonds is 7. The van der Waals surface area contributed by atoms with Crippen LogP contribution in [-0.4, -0.2) is 50.1 Å². The Kier molecular flexibility index (Phi) is 7.68. The van der Waals surface area contributed by atoms with E-state index in [0.717, 1.165) is 17.2 Å². The zero-order valence-corrected chi connectivity index (χ0v) is 19.7. The van der Waals surface area contributed by atoms with Gasteiger partial charge in [0.15, 0.2) is 0 Å². The molecule has 2 atom stereocenters. The van der Waals surface area contributed by atoms with Gasteiger partial charge in [-0.25, -0.2) is 17.8 Å². The summed E-state index contributed by atoms with van der Waals surface area (Å²) in [6, 6.07) is 4.68. The van der Waals surface area contributed by atoms with E-state index in [1.165, 1.54) is 37.4 Å². The Hall–Kier alpha value is -3.22. The molecule has 1 fully saturated rings. The van der Waals surface area contributed by atoms with Crippen molar-refractivity contribution in [1.82, 2.24) is 10.3 Å². The number of sulfonamides is 1. The number of alkyl halides is 3. The summed E-state index contributed by atoms with van der Waals surface area (Å²) < 4.78 is 79.7. The van der Waals surface area contributed by atoms with E-state index < -0.39 is 52.1 Å². The lowest BCUT2D eigenvalue weighted by Crippen LogP contribution is -2.52. The first-order valence-corrected chi connectivity index (χ1v) is 12.5. The molecule has 0 saturated carbocycles. The maximum Gasteiger partial charge on any atom is 0.409 e. The van der Waals surface area contributed by atoms with Gasteiger partial charge in [-0.1, -0.05) is 12.1 Å². The third-order valence-electron chi connectivity index (χ3n) is 5.58. The minimum absolute atomic E-state index is 0.0255. The maximum absolute atomic E-state index is 14.3. The number of anilines is 2. The molecule has 0 radical (unpaired) electrons. The highest BCUT2D eigenvalue weighted by Crippen LogP contribution is 2.34. The number of nitrogens with zero attached hydrogens (tertiary/aromatic N) is 2. The first-order chi connectivity index (χ1) is 16.3. The van der Waals surface area contributed by atoms with Crippen LogP contribution in [0.25, 0.3) is 0 Å². The van der Waals surface area contributed by atoms with Crippen LogP contribution in [0.15, 0.2) is 36.5 Å². The van der Waals surface area contributed by atoms with Gasteiger partial charge in [-0.15, -0.1) is 0 Å². The molecule has 2 N–H and O–H groups in total. The Labute approximate surface area is 199 Å². The maximum atomic E-state index is 14.3. The van der Waals surface area contributed by atoms with Gasteiger partial charge in [0, 0.05) is 37.7 Å². The molecule has 0 aliphatic carbocycles. The van der Waals surface area contributed by atoms with Gasteiger partial charge in [-0.05, 0) is 30.7 Å². The molecule has 0 bridgehead atoms. The summed E-state index contributed by atoms with van der Waals surface area (Å²) in [4.78, 5) is 29.5. The fourth-order valence-electron chi connectivity index (χ4n) is 3.77. The molecule has 0 spiro atoms. The predicted molar refractivity (Wildman–Crippen MR) is 121 cm³/mol. The second kappa shape index (κ2) is 10.2. The molecular weight excluding hydrogens is 492 g/mol. The molecule has 13 heteroatoms. The number of pyridine rings is 1. The smallest absolute Gasteiger partial charge is 0.351 e. The van der Waals surface area contributed by atoms with E-state index in [9.17, 15) is 35.6 Å². The molecule has 2 unspecified atom stereocenters. The molecule has 1 amide bonds. The van der Waals surface area contributed by atoms with Crippen molar-refractivity contribution < 1.29 is 35.6 Å². The highest BCUT2D eigenvalue weighted by molar-refractivity contribution is 7.92. The van der Waals surface area contributed by atoms with Gasteiger partial charge in [-0.2, -0.15) is 13.2 Å². The van der Waals surface area contributed by atoms with Crippen LogP contribution in [0.2, 0.25) is 0 Å². The summed E-state index contributed by atoms with van der Waals surface area (Å²) in [5.74, 6) is -2.68. The highest BCUT2D eigenvalue weighted by Gasteiger charge is 2.47. The van der Waals surface area contributed by atoms with E-state index in [2.05, 4.69) is 10.3 Å². The molecule has 190 valence electrons. The zero-order chi connectivity index (χ0) is 26.0. The van der Waals surface area contributed by atoms with E-state index in [1.807, 2.05) is 4.72 Å². The fraction of sp³-hybridized carbons (Fsp3) is 0.409. The molecule has 1 aliphatic rings. The van der Waals surface area contributed by atoms with Crippen molar-refractivity contribution in [1.29, 1.82) is 0 Å². The van der Waals surface area contributed by atoms with Crippen molar-refractivity contribution in [2.75, 3.05) is 22.4 Å². The second-order valence-corrected chi connectivity index (χ2v) is 10.0. The van der Waals surface area contributed by atoms with Gasteiger partial charge < -0.3 is 10.2 Å². The molecule has 8 nitrogen and oxygen atoms in total. The summed E-state index contributed by atoms with van der Waals surface area (Å²) in [7, 11) is -3.69. The van der Waals surface area contributed by atoms with Gasteiger partial charge in [0.25, 0.3) is 0 Å². The normalized spacial score (nSPS) is 17.7. The molecule has 35 heavy (non-hydrogen) atoms. The number of hydrogen-bond donors (Lipinski definition) is 2. The molecule has 1 aromatic heterocycles. The van der Waals surface area contributed by atoms with Crippen LogP contribution in [0.3, 0.4) is 0 Å². The van der Waals surface area contributed by atoms with Gasteiger partial charge in [0.2, 0.25) is 15.9 Å². The van der Waals surface area contributed by atoms with Gasteiger partial charge >= 0.3 is 6.18 Å². The quantitative estimate of drug-likeness (QED) is 0.548. The lowest BCUT2D eigenvalue weighted by atomic mass is 9.99. The van der Waals surface area contributed by atoms with E-state index >= 15 is 0 Å². The summed E-state index contributed by atoms with van der Waals surface area (Å²) in [6.07, 6.45) is -3.13. The molecule has 1 aliphatic heterocycles. The summed E-state index contributed by atoms with van der Waals surface area (Å²) in [6.45, 7) is 1.22. The molecule has 1 aromatic carbocycles. The lowest BCUT2D eigenvalue weighted by molar-refractivity contribution is -0.158. The van der Waals surface area contributed by atoms with Crippen molar-refractivity contribution in [2.45, 2.75) is 44.4 Å². The van der Waals surface area contributed by atoms with Crippen LogP contribution in [0.5, 0.6) is 0 Å². The van der Waals surface area contributed by atoms with E-state index in [-0.39, 0.29) is 36.6 Å². The van der Waals surface area contributed by atoms with Crippen molar-refractivity contribution in [3.8, 4) is 0 Å². The third kappa shape index (κ3) is 6.68. The number of carbonyl (C=O) groups is 2. The molecule has 3 rings (SSSR count). The van der Waals surface area contributed by atoms with Crippen LogP contribution in [0, 0.1) is 5.82 Å². The molecule has 2 heterocycles. The number of ketones is 1. The number of halogens is 4. The van der Waals surface area contributed by atoms with Crippen LogP contribution in [-0.2, 0) is 26.2 Å². The summed E-state index contributed by atoms with van der Waals surface area (Å²) in [5, 5.41) is 2.62. The van der Waals surface area contributed by atoms with Crippen molar-refractivity contribution in [3.05, 3.63) is 53.5 Å². The summed E-state index contributed by atoms with van der Waals surface area (Å²) in [5.41, 5.74) is 0.343. The number of Topliss-reactive ketones (excluding diaryl/α,β-unsaturated/α-hetero) is 1. The Morgan fingerprint density at radius 2 is 2.00 bits per heavy atom. The van der Waals surface area contributed by atoms with Crippen LogP contribution >= 0.6 is 0 Å². The second-order valence-electron chi connectivity index (χ2n) is 8.28. The number of aromatic nitrogens is 1. The number of piperidine rings is 1. The minimum Gasteiger partial charge on any atom is -0.351 e. The Morgan fingerprint density at radius 3 is 2.63 bits per heavy atom. The average molecular weight is 517 g/mol.